The summed E-state index contributed by atoms with van der Waals surface area (Å²) in [4.78, 5) is 0. The van der Waals surface area contributed by atoms with Gasteiger partial charge in [-0.05, 0) is 43.8 Å². The van der Waals surface area contributed by atoms with Crippen LogP contribution in [0.2, 0.25) is 6.55 Å². The first-order chi connectivity index (χ1) is 14.8. The molecule has 0 saturated heterocycles. The SMILES string of the molecule is C[Si]1C(c2ccccc2)=C(c2ccccc2)C(c2ccccc2)=C1c1ccccc1. The third kappa shape index (κ3) is 3.28. The number of hydrogen-bond acceptors (Lipinski definition) is 0. The average Bonchev–Trinajstić information content (AvgIpc) is 3.14. The molecule has 1 aliphatic heterocycles. The summed E-state index contributed by atoms with van der Waals surface area (Å²) >= 11 is 0. The van der Waals surface area contributed by atoms with Gasteiger partial charge in [0.25, 0.3) is 0 Å². The molecule has 0 amide bonds. The predicted molar refractivity (Wildman–Crippen MR) is 131 cm³/mol. The molecule has 1 heteroatoms. The van der Waals surface area contributed by atoms with Gasteiger partial charge in [0.1, 0.15) is 8.80 Å². The fourth-order valence-electron chi connectivity index (χ4n) is 4.47. The standard InChI is InChI=1S/C29H23Si/c1-30-28(24-18-10-4-11-19-24)26(22-14-6-2-7-15-22)27(23-16-8-3-9-17-23)29(30)25-20-12-5-13-21-25/h2-21H,1H3. The second-order valence-electron chi connectivity index (χ2n) is 7.59. The van der Waals surface area contributed by atoms with E-state index in [9.17, 15) is 0 Å². The smallest absolute Gasteiger partial charge is 0.0627 e. The molecule has 0 nitrogen and oxygen atoms in total. The predicted octanol–water partition coefficient (Wildman–Crippen LogP) is 7.43. The van der Waals surface area contributed by atoms with Crippen molar-refractivity contribution in [2.24, 2.45) is 0 Å². The Morgan fingerprint density at radius 1 is 0.367 bits per heavy atom. The molecule has 1 aliphatic rings. The van der Waals surface area contributed by atoms with Crippen molar-refractivity contribution in [2.75, 3.05) is 0 Å². The van der Waals surface area contributed by atoms with Crippen LogP contribution in [0.5, 0.6) is 0 Å². The van der Waals surface area contributed by atoms with Crippen LogP contribution in [0.15, 0.2) is 121 Å². The molecule has 0 fully saturated rings. The highest BCUT2D eigenvalue weighted by Gasteiger charge is 2.34. The van der Waals surface area contributed by atoms with Crippen LogP contribution in [0.1, 0.15) is 22.3 Å². The lowest BCUT2D eigenvalue weighted by Crippen LogP contribution is -2.11. The van der Waals surface area contributed by atoms with Crippen molar-refractivity contribution in [1.82, 2.24) is 0 Å². The Hall–Kier alpha value is -3.42. The summed E-state index contributed by atoms with van der Waals surface area (Å²) in [5.41, 5.74) is 8.06. The minimum atomic E-state index is -0.970. The second kappa shape index (κ2) is 8.14. The lowest BCUT2D eigenvalue weighted by Gasteiger charge is -2.15. The zero-order valence-electron chi connectivity index (χ0n) is 17.0. The van der Waals surface area contributed by atoms with E-state index in [1.54, 1.807) is 0 Å². The molecule has 1 radical (unpaired) electrons. The Labute approximate surface area is 180 Å². The van der Waals surface area contributed by atoms with E-state index in [-0.39, 0.29) is 0 Å². The number of allylic oxidation sites excluding steroid dienone is 2. The van der Waals surface area contributed by atoms with Crippen LogP contribution in [0.25, 0.3) is 21.5 Å². The first-order valence-electron chi connectivity index (χ1n) is 10.4. The van der Waals surface area contributed by atoms with Gasteiger partial charge in [0, 0.05) is 0 Å². The van der Waals surface area contributed by atoms with Crippen LogP contribution < -0.4 is 0 Å². The van der Waals surface area contributed by atoms with Crippen LogP contribution in [0.3, 0.4) is 0 Å². The maximum atomic E-state index is 2.45. The minimum Gasteiger partial charge on any atom is -0.0627 e. The van der Waals surface area contributed by atoms with Crippen LogP contribution >= 0.6 is 0 Å². The summed E-state index contributed by atoms with van der Waals surface area (Å²) in [6.45, 7) is 2.45. The van der Waals surface area contributed by atoms with E-state index in [0.717, 1.165) is 0 Å². The maximum absolute atomic E-state index is 2.45. The Morgan fingerprint density at radius 3 is 0.933 bits per heavy atom. The molecule has 0 unspecified atom stereocenters. The van der Waals surface area contributed by atoms with Crippen molar-refractivity contribution < 1.29 is 0 Å². The van der Waals surface area contributed by atoms with E-state index in [1.807, 2.05) is 0 Å². The molecule has 0 aliphatic carbocycles. The molecular formula is C29H23Si. The van der Waals surface area contributed by atoms with E-state index in [4.69, 9.17) is 0 Å². The van der Waals surface area contributed by atoms with Crippen molar-refractivity contribution >= 4 is 30.3 Å². The number of rotatable bonds is 4. The summed E-state index contributed by atoms with van der Waals surface area (Å²) in [5, 5.41) is 3.01. The topological polar surface area (TPSA) is 0 Å². The molecule has 5 rings (SSSR count). The highest BCUT2D eigenvalue weighted by molar-refractivity contribution is 6.99. The Balaban J connectivity index is 1.86. The van der Waals surface area contributed by atoms with Gasteiger partial charge in [0.05, 0.1) is 0 Å². The van der Waals surface area contributed by atoms with Crippen molar-refractivity contribution in [3.05, 3.63) is 144 Å². The molecule has 30 heavy (non-hydrogen) atoms. The minimum absolute atomic E-state index is 0.970. The lowest BCUT2D eigenvalue weighted by molar-refractivity contribution is 1.58. The van der Waals surface area contributed by atoms with E-state index in [0.29, 0.717) is 0 Å². The van der Waals surface area contributed by atoms with E-state index in [1.165, 1.54) is 43.8 Å². The molecule has 0 spiro atoms. The van der Waals surface area contributed by atoms with Crippen LogP contribution in [0, 0.1) is 0 Å². The average molecular weight is 400 g/mol. The fourth-order valence-corrected chi connectivity index (χ4v) is 7.21. The van der Waals surface area contributed by atoms with Gasteiger partial charge in [-0.3, -0.25) is 0 Å². The van der Waals surface area contributed by atoms with Gasteiger partial charge in [-0.15, -0.1) is 0 Å². The van der Waals surface area contributed by atoms with Crippen molar-refractivity contribution in [3.63, 3.8) is 0 Å². The first-order valence-corrected chi connectivity index (χ1v) is 12.4. The van der Waals surface area contributed by atoms with Crippen LogP contribution in [-0.2, 0) is 0 Å². The third-order valence-electron chi connectivity index (χ3n) is 5.75. The normalized spacial score (nSPS) is 14.4. The second-order valence-corrected chi connectivity index (χ2v) is 9.84. The summed E-state index contributed by atoms with van der Waals surface area (Å²) in [5.74, 6) is 0. The summed E-state index contributed by atoms with van der Waals surface area (Å²) in [7, 11) is -0.970. The quantitative estimate of drug-likeness (QED) is 0.313. The molecule has 1 heterocycles. The fraction of sp³-hybridized carbons (Fsp3) is 0.0345. The molecule has 143 valence electrons. The highest BCUT2D eigenvalue weighted by Crippen LogP contribution is 2.50. The maximum Gasteiger partial charge on any atom is 0.121 e. The molecule has 0 atom stereocenters. The third-order valence-corrected chi connectivity index (χ3v) is 8.33. The molecule has 4 aromatic carbocycles. The van der Waals surface area contributed by atoms with E-state index in [2.05, 4.69) is 128 Å². The van der Waals surface area contributed by atoms with Crippen molar-refractivity contribution in [3.8, 4) is 0 Å². The molecule has 4 aromatic rings. The Kier molecular flexibility index (Phi) is 5.04. The Bertz CT molecular complexity index is 1110. The monoisotopic (exact) mass is 399 g/mol. The molecule has 0 saturated carbocycles. The first kappa shape index (κ1) is 18.6. The van der Waals surface area contributed by atoms with E-state index < -0.39 is 8.80 Å². The van der Waals surface area contributed by atoms with Gasteiger partial charge in [-0.25, -0.2) is 0 Å². The number of hydrogen-bond donors (Lipinski definition) is 0. The lowest BCUT2D eigenvalue weighted by atomic mass is 9.89. The van der Waals surface area contributed by atoms with E-state index >= 15 is 0 Å². The van der Waals surface area contributed by atoms with Crippen molar-refractivity contribution in [1.29, 1.82) is 0 Å². The largest absolute Gasteiger partial charge is 0.121 e. The summed E-state index contributed by atoms with van der Waals surface area (Å²) < 4.78 is 0. The van der Waals surface area contributed by atoms with Gasteiger partial charge in [0.15, 0.2) is 0 Å². The molecule has 0 bridgehead atoms. The van der Waals surface area contributed by atoms with Gasteiger partial charge in [-0.2, -0.15) is 0 Å². The molecule has 0 N–H and O–H groups in total. The van der Waals surface area contributed by atoms with Crippen LogP contribution in [-0.4, -0.2) is 8.80 Å². The molecular weight excluding hydrogens is 376 g/mol. The Morgan fingerprint density at radius 2 is 0.633 bits per heavy atom. The summed E-state index contributed by atoms with van der Waals surface area (Å²) in [6.07, 6.45) is 0. The molecule has 0 aromatic heterocycles. The van der Waals surface area contributed by atoms with Gasteiger partial charge in [-0.1, -0.05) is 128 Å². The highest BCUT2D eigenvalue weighted by atomic mass is 28.3. The van der Waals surface area contributed by atoms with Gasteiger partial charge < -0.3 is 0 Å². The van der Waals surface area contributed by atoms with Crippen molar-refractivity contribution in [2.45, 2.75) is 6.55 Å². The van der Waals surface area contributed by atoms with Gasteiger partial charge in [0.2, 0.25) is 0 Å². The van der Waals surface area contributed by atoms with Crippen LogP contribution in [0.4, 0.5) is 0 Å². The summed E-state index contributed by atoms with van der Waals surface area (Å²) in [6, 6.07) is 43.7. The zero-order valence-corrected chi connectivity index (χ0v) is 18.0. The zero-order chi connectivity index (χ0) is 20.3. The number of benzene rings is 4. The van der Waals surface area contributed by atoms with Gasteiger partial charge >= 0.3 is 0 Å².